The molecule has 1 saturated heterocycles. The molecule has 4 rings (SSSR count). The Morgan fingerprint density at radius 2 is 1.94 bits per heavy atom. The zero-order valence-electron chi connectivity index (χ0n) is 20.1. The molecule has 2 heterocycles. The number of nitrogens with zero attached hydrogens (tertiary/aromatic N) is 1. The third-order valence-electron chi connectivity index (χ3n) is 6.58. The van der Waals surface area contributed by atoms with Gasteiger partial charge in [0.05, 0.1) is 13.2 Å². The standard InChI is InChI=1S/C27H29NO7/c1-16(9-11-20-24(30)23-21(15-34-26(23)31)17(2)25(20)33-3)10-12-22(29)28-19(14-35-27(28)32)13-18-7-5-4-6-8-18/h4-9,19,30H,10-15H2,1-3H3/t19-/m0/s1. The number of hydrogen-bond acceptors (Lipinski definition) is 7. The van der Waals surface area contributed by atoms with Crippen molar-refractivity contribution in [2.45, 2.75) is 52.2 Å². The highest BCUT2D eigenvalue weighted by Crippen LogP contribution is 2.42. The van der Waals surface area contributed by atoms with Crippen LogP contribution in [-0.2, 0) is 33.7 Å². The van der Waals surface area contributed by atoms with Crippen molar-refractivity contribution in [2.75, 3.05) is 13.7 Å². The SMILES string of the molecule is COc1c(C)c2c(c(O)c1CC=C(C)CCC(=O)N1C(=O)OC[C@@H]1Cc1ccccc1)C(=O)OC2. The second-order valence-corrected chi connectivity index (χ2v) is 8.85. The first-order valence-electron chi connectivity index (χ1n) is 11.6. The van der Waals surface area contributed by atoms with Gasteiger partial charge in [-0.1, -0.05) is 42.0 Å². The first-order chi connectivity index (χ1) is 16.8. The summed E-state index contributed by atoms with van der Waals surface area (Å²) < 4.78 is 15.8. The van der Waals surface area contributed by atoms with Crippen LogP contribution in [0.4, 0.5) is 4.79 Å². The minimum atomic E-state index is -0.604. The Bertz CT molecular complexity index is 1190. The van der Waals surface area contributed by atoms with Crippen LogP contribution >= 0.6 is 0 Å². The number of carbonyl (C=O) groups is 3. The average Bonchev–Trinajstić information content (AvgIpc) is 3.42. The quantitative estimate of drug-likeness (QED) is 0.446. The van der Waals surface area contributed by atoms with Crippen molar-refractivity contribution in [1.29, 1.82) is 0 Å². The summed E-state index contributed by atoms with van der Waals surface area (Å²) in [6.45, 7) is 4.02. The van der Waals surface area contributed by atoms with Crippen LogP contribution in [0.15, 0.2) is 42.0 Å². The van der Waals surface area contributed by atoms with E-state index in [1.165, 1.54) is 12.0 Å². The number of allylic oxidation sites excluding steroid dienone is 2. The van der Waals surface area contributed by atoms with Crippen molar-refractivity contribution in [3.05, 3.63) is 69.8 Å². The number of fused-ring (bicyclic) bond motifs is 1. The lowest BCUT2D eigenvalue weighted by Crippen LogP contribution is -2.40. The Morgan fingerprint density at radius 3 is 2.66 bits per heavy atom. The molecule has 0 spiro atoms. The van der Waals surface area contributed by atoms with Crippen LogP contribution in [0.2, 0.25) is 0 Å². The summed E-state index contributed by atoms with van der Waals surface area (Å²) in [5.74, 6) is -0.437. The van der Waals surface area contributed by atoms with Crippen LogP contribution in [0.5, 0.6) is 11.5 Å². The molecule has 2 aromatic carbocycles. The average molecular weight is 480 g/mol. The van der Waals surface area contributed by atoms with Crippen LogP contribution in [0, 0.1) is 6.92 Å². The Morgan fingerprint density at radius 1 is 1.20 bits per heavy atom. The van der Waals surface area contributed by atoms with Crippen molar-refractivity contribution in [1.82, 2.24) is 4.90 Å². The van der Waals surface area contributed by atoms with Gasteiger partial charge in [-0.25, -0.2) is 14.5 Å². The molecule has 0 aromatic heterocycles. The summed E-state index contributed by atoms with van der Waals surface area (Å²) in [6.07, 6.45) is 2.75. The molecule has 0 saturated carbocycles. The van der Waals surface area contributed by atoms with Crippen LogP contribution in [0.25, 0.3) is 0 Å². The zero-order chi connectivity index (χ0) is 25.1. The van der Waals surface area contributed by atoms with Gasteiger partial charge in [-0.15, -0.1) is 0 Å². The number of ether oxygens (including phenoxy) is 3. The number of methoxy groups -OCH3 is 1. The number of aromatic hydroxyl groups is 1. The number of rotatable bonds is 8. The van der Waals surface area contributed by atoms with Gasteiger partial charge in [0.1, 0.15) is 30.3 Å². The molecule has 8 nitrogen and oxygen atoms in total. The smallest absolute Gasteiger partial charge is 0.416 e. The Kier molecular flexibility index (Phi) is 7.10. The van der Waals surface area contributed by atoms with Crippen molar-refractivity contribution in [3.63, 3.8) is 0 Å². The molecule has 8 heteroatoms. The van der Waals surface area contributed by atoms with Crippen LogP contribution in [0.1, 0.15) is 52.4 Å². The Labute approximate surface area is 204 Å². The van der Waals surface area contributed by atoms with Gasteiger partial charge in [0.15, 0.2) is 0 Å². The molecule has 0 aliphatic carbocycles. The maximum Gasteiger partial charge on any atom is 0.416 e. The van der Waals surface area contributed by atoms with Gasteiger partial charge in [0, 0.05) is 17.5 Å². The predicted molar refractivity (Wildman–Crippen MR) is 127 cm³/mol. The maximum absolute atomic E-state index is 12.9. The zero-order valence-corrected chi connectivity index (χ0v) is 20.1. The number of imide groups is 1. The van der Waals surface area contributed by atoms with Gasteiger partial charge in [-0.05, 0) is 44.2 Å². The monoisotopic (exact) mass is 479 g/mol. The summed E-state index contributed by atoms with van der Waals surface area (Å²) in [5, 5.41) is 10.7. The number of benzene rings is 2. The second-order valence-electron chi connectivity index (χ2n) is 8.85. The molecule has 0 bridgehead atoms. The summed E-state index contributed by atoms with van der Waals surface area (Å²) in [5.41, 5.74) is 4.04. The number of carbonyl (C=O) groups excluding carboxylic acids is 3. The van der Waals surface area contributed by atoms with E-state index in [4.69, 9.17) is 14.2 Å². The molecule has 2 aliphatic heterocycles. The fourth-order valence-electron chi connectivity index (χ4n) is 4.63. The minimum absolute atomic E-state index is 0.116. The van der Waals surface area contributed by atoms with Gasteiger partial charge < -0.3 is 19.3 Å². The van der Waals surface area contributed by atoms with Gasteiger partial charge in [0.25, 0.3) is 0 Å². The summed E-state index contributed by atoms with van der Waals surface area (Å²) in [4.78, 5) is 38.4. The fourth-order valence-corrected chi connectivity index (χ4v) is 4.63. The Hall–Kier alpha value is -3.81. The van der Waals surface area contributed by atoms with Crippen molar-refractivity contribution < 1.29 is 33.7 Å². The van der Waals surface area contributed by atoms with Crippen molar-refractivity contribution >= 4 is 18.0 Å². The molecule has 2 amide bonds. The van der Waals surface area contributed by atoms with Crippen LogP contribution < -0.4 is 4.74 Å². The van der Waals surface area contributed by atoms with E-state index in [9.17, 15) is 19.5 Å². The molecule has 1 atom stereocenters. The van der Waals surface area contributed by atoms with Crippen LogP contribution in [0.3, 0.4) is 0 Å². The van der Waals surface area contributed by atoms with E-state index in [1.807, 2.05) is 50.3 Å². The van der Waals surface area contributed by atoms with Gasteiger partial charge in [0.2, 0.25) is 5.91 Å². The molecule has 35 heavy (non-hydrogen) atoms. The Balaban J connectivity index is 1.42. The topological polar surface area (TPSA) is 102 Å². The number of phenols is 1. The highest BCUT2D eigenvalue weighted by Gasteiger charge is 2.37. The molecule has 0 radical (unpaired) electrons. The molecular formula is C27H29NO7. The van der Waals surface area contributed by atoms with E-state index in [-0.39, 0.29) is 42.9 Å². The summed E-state index contributed by atoms with van der Waals surface area (Å²) in [7, 11) is 1.52. The van der Waals surface area contributed by atoms with E-state index in [2.05, 4.69) is 0 Å². The molecule has 2 aliphatic rings. The van der Waals surface area contributed by atoms with E-state index in [1.54, 1.807) is 0 Å². The lowest BCUT2D eigenvalue weighted by Gasteiger charge is -2.20. The number of esters is 1. The lowest BCUT2D eigenvalue weighted by molar-refractivity contribution is -0.129. The van der Waals surface area contributed by atoms with Gasteiger partial charge in [-0.2, -0.15) is 0 Å². The first kappa shape index (κ1) is 24.3. The van der Waals surface area contributed by atoms with Gasteiger partial charge in [-0.3, -0.25) is 4.79 Å². The molecular weight excluding hydrogens is 450 g/mol. The highest BCUT2D eigenvalue weighted by atomic mass is 16.6. The molecule has 2 aromatic rings. The molecule has 1 N–H and O–H groups in total. The lowest BCUT2D eigenvalue weighted by atomic mass is 9.94. The number of amides is 2. The molecule has 184 valence electrons. The first-order valence-corrected chi connectivity index (χ1v) is 11.6. The minimum Gasteiger partial charge on any atom is -0.507 e. The van der Waals surface area contributed by atoms with Crippen molar-refractivity contribution in [3.8, 4) is 11.5 Å². The number of hydrogen-bond donors (Lipinski definition) is 1. The van der Waals surface area contributed by atoms with E-state index in [0.717, 1.165) is 16.7 Å². The van der Waals surface area contributed by atoms with Crippen LogP contribution in [-0.4, -0.2) is 47.7 Å². The van der Waals surface area contributed by atoms with E-state index >= 15 is 0 Å². The van der Waals surface area contributed by atoms with Gasteiger partial charge >= 0.3 is 12.1 Å². The summed E-state index contributed by atoms with van der Waals surface area (Å²) in [6, 6.07) is 9.36. The largest absolute Gasteiger partial charge is 0.507 e. The normalized spacial score (nSPS) is 17.3. The number of cyclic esters (lactones) is 2. The third kappa shape index (κ3) is 4.87. The summed E-state index contributed by atoms with van der Waals surface area (Å²) >= 11 is 0. The van der Waals surface area contributed by atoms with E-state index in [0.29, 0.717) is 36.1 Å². The molecule has 0 unspecified atom stereocenters. The highest BCUT2D eigenvalue weighted by molar-refractivity contribution is 5.98. The predicted octanol–water partition coefficient (Wildman–Crippen LogP) is 4.24. The fraction of sp³-hybridized carbons (Fsp3) is 0.370. The van der Waals surface area contributed by atoms with Crippen molar-refractivity contribution in [2.24, 2.45) is 0 Å². The second kappa shape index (κ2) is 10.2. The molecule has 1 fully saturated rings. The third-order valence-corrected chi connectivity index (χ3v) is 6.58. The maximum atomic E-state index is 12.9. The van der Waals surface area contributed by atoms with E-state index < -0.39 is 12.1 Å². The number of phenolic OH excluding ortho intramolecular Hbond substituents is 1.